The Labute approximate surface area is 117 Å². The number of amides is 1. The van der Waals surface area contributed by atoms with Gasteiger partial charge in [-0.25, -0.2) is 9.97 Å². The number of hydrogen-bond donors (Lipinski definition) is 1. The number of carbonyl (C=O) groups is 1. The second kappa shape index (κ2) is 6.16. The van der Waals surface area contributed by atoms with Gasteiger partial charge in [0.1, 0.15) is 17.6 Å². The van der Waals surface area contributed by atoms with Crippen molar-refractivity contribution in [1.82, 2.24) is 15.3 Å². The van der Waals surface area contributed by atoms with Crippen molar-refractivity contribution in [3.8, 4) is 0 Å². The smallest absolute Gasteiger partial charge is 0.239 e. The SMILES string of the molecule is COCc1nc(Cl)cc(N(C)CC(=O)NC2CC2)n1. The van der Waals surface area contributed by atoms with Gasteiger partial charge in [0.15, 0.2) is 5.82 Å². The van der Waals surface area contributed by atoms with E-state index in [4.69, 9.17) is 16.3 Å². The van der Waals surface area contributed by atoms with Gasteiger partial charge in [-0.1, -0.05) is 11.6 Å². The lowest BCUT2D eigenvalue weighted by Crippen LogP contribution is -2.36. The van der Waals surface area contributed by atoms with Crippen LogP contribution in [0.15, 0.2) is 6.07 Å². The van der Waals surface area contributed by atoms with Crippen molar-refractivity contribution in [3.05, 3.63) is 17.0 Å². The number of nitrogens with one attached hydrogen (secondary N) is 1. The Morgan fingerprint density at radius 1 is 1.58 bits per heavy atom. The molecule has 0 aromatic carbocycles. The summed E-state index contributed by atoms with van der Waals surface area (Å²) in [5, 5.41) is 3.27. The first-order valence-electron chi connectivity index (χ1n) is 6.11. The predicted octanol–water partition coefficient (Wildman–Crippen LogP) is 0.991. The molecule has 1 saturated carbocycles. The number of anilines is 1. The Bertz CT molecular complexity index is 465. The van der Waals surface area contributed by atoms with Crippen molar-refractivity contribution in [2.75, 3.05) is 25.6 Å². The Hall–Kier alpha value is -1.40. The average Bonchev–Trinajstić information content (AvgIpc) is 3.12. The van der Waals surface area contributed by atoms with Crippen LogP contribution in [-0.2, 0) is 16.1 Å². The van der Waals surface area contributed by atoms with E-state index in [-0.39, 0.29) is 19.1 Å². The van der Waals surface area contributed by atoms with Gasteiger partial charge in [-0.15, -0.1) is 0 Å². The molecule has 0 atom stereocenters. The van der Waals surface area contributed by atoms with Gasteiger partial charge in [0.25, 0.3) is 0 Å². The monoisotopic (exact) mass is 284 g/mol. The number of nitrogens with zero attached hydrogens (tertiary/aromatic N) is 3. The fourth-order valence-electron chi connectivity index (χ4n) is 1.64. The van der Waals surface area contributed by atoms with Crippen LogP contribution in [-0.4, -0.2) is 42.6 Å². The lowest BCUT2D eigenvalue weighted by atomic mass is 10.4. The first kappa shape index (κ1) is 14.0. The largest absolute Gasteiger partial charge is 0.377 e. The molecule has 1 aliphatic carbocycles. The van der Waals surface area contributed by atoms with Crippen molar-refractivity contribution in [2.24, 2.45) is 0 Å². The molecule has 0 spiro atoms. The molecule has 0 radical (unpaired) electrons. The summed E-state index contributed by atoms with van der Waals surface area (Å²) in [6.45, 7) is 0.534. The number of hydrogen-bond acceptors (Lipinski definition) is 5. The van der Waals surface area contributed by atoms with Gasteiger partial charge in [0.05, 0.1) is 6.54 Å². The fraction of sp³-hybridized carbons (Fsp3) is 0.583. The molecule has 0 bridgehead atoms. The second-order valence-corrected chi connectivity index (χ2v) is 4.98. The molecule has 1 N–H and O–H groups in total. The highest BCUT2D eigenvalue weighted by Gasteiger charge is 2.23. The van der Waals surface area contributed by atoms with Crippen molar-refractivity contribution >= 4 is 23.3 Å². The molecular formula is C12H17ClN4O2. The number of halogens is 1. The van der Waals surface area contributed by atoms with Gasteiger partial charge < -0.3 is 15.0 Å². The molecule has 1 aromatic heterocycles. The Morgan fingerprint density at radius 3 is 2.95 bits per heavy atom. The number of likely N-dealkylation sites (N-methyl/N-ethyl adjacent to an activating group) is 1. The third kappa shape index (κ3) is 4.33. The summed E-state index contributed by atoms with van der Waals surface area (Å²) in [7, 11) is 3.36. The van der Waals surface area contributed by atoms with Crippen molar-refractivity contribution in [2.45, 2.75) is 25.5 Å². The summed E-state index contributed by atoms with van der Waals surface area (Å²) in [5.74, 6) is 1.10. The number of carbonyl (C=O) groups excluding carboxylic acids is 1. The van der Waals surface area contributed by atoms with Crippen LogP contribution in [0.3, 0.4) is 0 Å². The molecule has 6 nitrogen and oxygen atoms in total. The Balaban J connectivity index is 2.00. The summed E-state index contributed by atoms with van der Waals surface area (Å²) < 4.78 is 4.98. The van der Waals surface area contributed by atoms with Crippen LogP contribution in [0.2, 0.25) is 5.15 Å². The summed E-state index contributed by atoms with van der Waals surface area (Å²) in [5.41, 5.74) is 0. The molecule has 0 aliphatic heterocycles. The van der Waals surface area contributed by atoms with Gasteiger partial charge in [0.2, 0.25) is 5.91 Å². The topological polar surface area (TPSA) is 67.3 Å². The van der Waals surface area contributed by atoms with E-state index in [0.29, 0.717) is 22.8 Å². The van der Waals surface area contributed by atoms with Gasteiger partial charge in [-0.2, -0.15) is 0 Å². The van der Waals surface area contributed by atoms with E-state index in [2.05, 4.69) is 15.3 Å². The predicted molar refractivity (Wildman–Crippen MR) is 72.2 cm³/mol. The molecule has 1 heterocycles. The van der Waals surface area contributed by atoms with Gasteiger partial charge in [-0.3, -0.25) is 4.79 Å². The average molecular weight is 285 g/mol. The van der Waals surface area contributed by atoms with Crippen LogP contribution in [0, 0.1) is 0 Å². The zero-order valence-electron chi connectivity index (χ0n) is 11.0. The minimum absolute atomic E-state index is 0.00646. The highest BCUT2D eigenvalue weighted by Crippen LogP contribution is 2.19. The maximum atomic E-state index is 11.7. The highest BCUT2D eigenvalue weighted by atomic mass is 35.5. The molecule has 1 aromatic rings. The van der Waals surface area contributed by atoms with E-state index in [1.807, 2.05) is 0 Å². The van der Waals surface area contributed by atoms with Crippen LogP contribution >= 0.6 is 11.6 Å². The number of aromatic nitrogens is 2. The molecule has 104 valence electrons. The van der Waals surface area contributed by atoms with Crippen LogP contribution in [0.1, 0.15) is 18.7 Å². The molecule has 0 unspecified atom stereocenters. The maximum absolute atomic E-state index is 11.7. The van der Waals surface area contributed by atoms with Gasteiger partial charge >= 0.3 is 0 Å². The zero-order valence-corrected chi connectivity index (χ0v) is 11.8. The van der Waals surface area contributed by atoms with E-state index >= 15 is 0 Å². The second-order valence-electron chi connectivity index (χ2n) is 4.60. The van der Waals surface area contributed by atoms with Crippen LogP contribution in [0.5, 0.6) is 0 Å². The number of ether oxygens (including phenoxy) is 1. The number of rotatable bonds is 6. The maximum Gasteiger partial charge on any atom is 0.239 e. The highest BCUT2D eigenvalue weighted by molar-refractivity contribution is 6.29. The van der Waals surface area contributed by atoms with E-state index in [0.717, 1.165) is 12.8 Å². The summed E-state index contributed by atoms with van der Waals surface area (Å²) in [6.07, 6.45) is 2.15. The van der Waals surface area contributed by atoms with Crippen molar-refractivity contribution in [1.29, 1.82) is 0 Å². The van der Waals surface area contributed by atoms with Gasteiger partial charge in [0, 0.05) is 26.3 Å². The third-order valence-corrected chi connectivity index (χ3v) is 2.91. The van der Waals surface area contributed by atoms with Crippen LogP contribution in [0.4, 0.5) is 5.82 Å². The molecule has 19 heavy (non-hydrogen) atoms. The minimum atomic E-state index is -0.00646. The lowest BCUT2D eigenvalue weighted by Gasteiger charge is -2.18. The zero-order chi connectivity index (χ0) is 13.8. The molecular weight excluding hydrogens is 268 g/mol. The third-order valence-electron chi connectivity index (χ3n) is 2.72. The van der Waals surface area contributed by atoms with Crippen LogP contribution < -0.4 is 10.2 Å². The van der Waals surface area contributed by atoms with Gasteiger partial charge in [-0.05, 0) is 12.8 Å². The first-order chi connectivity index (χ1) is 9.08. The molecule has 0 saturated heterocycles. The number of methoxy groups -OCH3 is 1. The normalized spacial score (nSPS) is 14.3. The standard InChI is InChI=1S/C12H17ClN4O2/c1-17(6-12(18)14-8-3-4-8)11-5-9(13)15-10(16-11)7-19-2/h5,8H,3-4,6-7H2,1-2H3,(H,14,18). The summed E-state index contributed by atoms with van der Waals surface area (Å²) in [6, 6.07) is 1.99. The van der Waals surface area contributed by atoms with E-state index in [9.17, 15) is 4.79 Å². The summed E-state index contributed by atoms with van der Waals surface area (Å²) >= 11 is 5.93. The molecule has 1 aliphatic rings. The molecule has 2 rings (SSSR count). The fourth-order valence-corrected chi connectivity index (χ4v) is 1.83. The molecule has 1 fully saturated rings. The lowest BCUT2D eigenvalue weighted by molar-refractivity contribution is -0.119. The molecule has 1 amide bonds. The van der Waals surface area contributed by atoms with Crippen molar-refractivity contribution < 1.29 is 9.53 Å². The molecule has 7 heteroatoms. The van der Waals surface area contributed by atoms with E-state index in [1.165, 1.54) is 0 Å². The first-order valence-corrected chi connectivity index (χ1v) is 6.49. The summed E-state index contributed by atoms with van der Waals surface area (Å²) in [4.78, 5) is 21.8. The van der Waals surface area contributed by atoms with Crippen molar-refractivity contribution in [3.63, 3.8) is 0 Å². The van der Waals surface area contributed by atoms with E-state index < -0.39 is 0 Å². The minimum Gasteiger partial charge on any atom is -0.377 e. The van der Waals surface area contributed by atoms with Crippen LogP contribution in [0.25, 0.3) is 0 Å². The quantitative estimate of drug-likeness (QED) is 0.789. The Morgan fingerprint density at radius 2 is 2.32 bits per heavy atom. The van der Waals surface area contributed by atoms with E-state index in [1.54, 1.807) is 25.1 Å². The Kier molecular flexibility index (Phi) is 4.55.